The maximum atomic E-state index is 11.9. The van der Waals surface area contributed by atoms with Crippen molar-refractivity contribution in [1.29, 1.82) is 0 Å². The molecule has 1 amide bonds. The van der Waals surface area contributed by atoms with E-state index in [-0.39, 0.29) is 17.1 Å². The number of amides is 1. The largest absolute Gasteiger partial charge is 0.397 e. The van der Waals surface area contributed by atoms with Gasteiger partial charge >= 0.3 is 0 Å². The summed E-state index contributed by atoms with van der Waals surface area (Å²) < 4.78 is 5.28. The highest BCUT2D eigenvalue weighted by atomic mass is 35.5. The van der Waals surface area contributed by atoms with E-state index in [9.17, 15) is 4.79 Å². The molecule has 5 nitrogen and oxygen atoms in total. The van der Waals surface area contributed by atoms with Gasteiger partial charge in [0.25, 0.3) is 5.91 Å². The predicted octanol–water partition coefficient (Wildman–Crippen LogP) is 1.23. The average molecular weight is 256 g/mol. The van der Waals surface area contributed by atoms with Gasteiger partial charge in [-0.15, -0.1) is 0 Å². The Kier molecular flexibility index (Phi) is 3.81. The van der Waals surface area contributed by atoms with Gasteiger partial charge in [0.1, 0.15) is 5.15 Å². The van der Waals surface area contributed by atoms with Gasteiger partial charge < -0.3 is 15.8 Å². The Bertz CT molecular complexity index is 419. The Balaban J connectivity index is 2.05. The number of pyridine rings is 1. The van der Waals surface area contributed by atoms with Crippen LogP contribution in [0.25, 0.3) is 0 Å². The molecule has 0 aromatic carbocycles. The van der Waals surface area contributed by atoms with Gasteiger partial charge in [-0.25, -0.2) is 4.98 Å². The molecule has 92 valence electrons. The highest BCUT2D eigenvalue weighted by Crippen LogP contribution is 2.16. The van der Waals surface area contributed by atoms with Gasteiger partial charge in [0, 0.05) is 6.61 Å². The molecule has 1 aliphatic rings. The Morgan fingerprint density at radius 1 is 1.65 bits per heavy atom. The monoisotopic (exact) mass is 255 g/mol. The van der Waals surface area contributed by atoms with Gasteiger partial charge in [0.15, 0.2) is 0 Å². The normalized spacial score (nSPS) is 19.9. The summed E-state index contributed by atoms with van der Waals surface area (Å²) in [6, 6.07) is 1.56. The van der Waals surface area contributed by atoms with Crippen LogP contribution in [0.5, 0.6) is 0 Å². The summed E-state index contributed by atoms with van der Waals surface area (Å²) in [6.07, 6.45) is 3.29. The van der Waals surface area contributed by atoms with Crippen LogP contribution in [0.4, 0.5) is 5.69 Å². The van der Waals surface area contributed by atoms with E-state index in [1.165, 1.54) is 12.3 Å². The molecule has 1 atom stereocenters. The molecule has 2 rings (SSSR count). The van der Waals surface area contributed by atoms with Crippen molar-refractivity contribution in [2.45, 2.75) is 18.9 Å². The van der Waals surface area contributed by atoms with Crippen molar-refractivity contribution in [2.24, 2.45) is 0 Å². The number of hydrogen-bond donors (Lipinski definition) is 2. The van der Waals surface area contributed by atoms with Crippen molar-refractivity contribution in [2.75, 3.05) is 18.9 Å². The summed E-state index contributed by atoms with van der Waals surface area (Å²) in [6.45, 7) is 1.30. The lowest BCUT2D eigenvalue weighted by atomic mass is 10.1. The average Bonchev–Trinajstić information content (AvgIpc) is 2.33. The highest BCUT2D eigenvalue weighted by molar-refractivity contribution is 6.32. The molecule has 1 aromatic rings. The highest BCUT2D eigenvalue weighted by Gasteiger charge is 2.19. The van der Waals surface area contributed by atoms with Crippen LogP contribution in [0.1, 0.15) is 23.2 Å². The van der Waals surface area contributed by atoms with Gasteiger partial charge in [0.2, 0.25) is 0 Å². The Hall–Kier alpha value is -1.33. The topological polar surface area (TPSA) is 77.2 Å². The number of nitrogen functional groups attached to an aromatic ring is 1. The first-order valence-electron chi connectivity index (χ1n) is 5.46. The van der Waals surface area contributed by atoms with Crippen molar-refractivity contribution >= 4 is 23.2 Å². The third kappa shape index (κ3) is 3.08. The first-order valence-corrected chi connectivity index (χ1v) is 5.84. The molecule has 1 aromatic heterocycles. The minimum absolute atomic E-state index is 0.0359. The molecule has 1 saturated heterocycles. The van der Waals surface area contributed by atoms with Crippen LogP contribution < -0.4 is 11.1 Å². The Labute approximate surface area is 104 Å². The van der Waals surface area contributed by atoms with E-state index in [0.29, 0.717) is 17.9 Å². The van der Waals surface area contributed by atoms with E-state index in [0.717, 1.165) is 19.4 Å². The van der Waals surface area contributed by atoms with Gasteiger partial charge in [-0.1, -0.05) is 11.6 Å². The molecule has 17 heavy (non-hydrogen) atoms. The summed E-state index contributed by atoms with van der Waals surface area (Å²) in [5.41, 5.74) is 6.29. The summed E-state index contributed by atoms with van der Waals surface area (Å²) in [4.78, 5) is 15.8. The second-order valence-electron chi connectivity index (χ2n) is 3.99. The Morgan fingerprint density at radius 3 is 3.18 bits per heavy atom. The number of nitrogens with one attached hydrogen (secondary N) is 1. The molecule has 1 fully saturated rings. The number of nitrogens with zero attached hydrogens (tertiary/aromatic N) is 1. The second-order valence-corrected chi connectivity index (χ2v) is 4.35. The molecular formula is C11H14ClN3O2. The van der Waals surface area contributed by atoms with E-state index < -0.39 is 0 Å². The van der Waals surface area contributed by atoms with E-state index in [4.69, 9.17) is 22.1 Å². The van der Waals surface area contributed by atoms with Crippen molar-refractivity contribution < 1.29 is 9.53 Å². The lowest BCUT2D eigenvalue weighted by molar-refractivity contribution is 0.0624. The van der Waals surface area contributed by atoms with E-state index in [2.05, 4.69) is 10.3 Å². The first-order chi connectivity index (χ1) is 8.16. The summed E-state index contributed by atoms with van der Waals surface area (Å²) >= 11 is 5.85. The number of ether oxygens (including phenoxy) is 1. The van der Waals surface area contributed by atoms with E-state index in [1.807, 2.05) is 0 Å². The quantitative estimate of drug-likeness (QED) is 0.779. The number of aromatic nitrogens is 1. The molecule has 0 spiro atoms. The smallest absolute Gasteiger partial charge is 0.254 e. The molecule has 0 radical (unpaired) electrons. The maximum Gasteiger partial charge on any atom is 0.254 e. The second kappa shape index (κ2) is 5.33. The van der Waals surface area contributed by atoms with Crippen molar-refractivity contribution in [3.63, 3.8) is 0 Å². The third-order valence-electron chi connectivity index (χ3n) is 2.60. The van der Waals surface area contributed by atoms with Crippen molar-refractivity contribution in [3.8, 4) is 0 Å². The van der Waals surface area contributed by atoms with Gasteiger partial charge in [-0.3, -0.25) is 4.79 Å². The predicted molar refractivity (Wildman–Crippen MR) is 65.0 cm³/mol. The fourth-order valence-electron chi connectivity index (χ4n) is 1.74. The van der Waals surface area contributed by atoms with Gasteiger partial charge in [-0.2, -0.15) is 0 Å². The number of carbonyl (C=O) groups excluding carboxylic acids is 1. The molecule has 3 N–H and O–H groups in total. The van der Waals surface area contributed by atoms with Crippen LogP contribution in [0.15, 0.2) is 12.3 Å². The molecule has 2 heterocycles. The fraction of sp³-hybridized carbons (Fsp3) is 0.455. The molecule has 0 aliphatic carbocycles. The van der Waals surface area contributed by atoms with Crippen LogP contribution in [-0.4, -0.2) is 30.1 Å². The standard InChI is InChI=1S/C11H14ClN3O2/c12-10-9(4-7(13)5-14-10)11(16)15-8-2-1-3-17-6-8/h4-5,8H,1-3,6,13H2,(H,15,16). The lowest BCUT2D eigenvalue weighted by Crippen LogP contribution is -2.40. The van der Waals surface area contributed by atoms with Crippen LogP contribution >= 0.6 is 11.6 Å². The van der Waals surface area contributed by atoms with Crippen LogP contribution in [0.2, 0.25) is 5.15 Å². The minimum atomic E-state index is -0.259. The molecule has 0 saturated carbocycles. The maximum absolute atomic E-state index is 11.9. The molecule has 1 aliphatic heterocycles. The number of anilines is 1. The van der Waals surface area contributed by atoms with Crippen LogP contribution in [0.3, 0.4) is 0 Å². The van der Waals surface area contributed by atoms with Crippen LogP contribution in [0, 0.1) is 0 Å². The van der Waals surface area contributed by atoms with Crippen molar-refractivity contribution in [1.82, 2.24) is 10.3 Å². The molecular weight excluding hydrogens is 242 g/mol. The van der Waals surface area contributed by atoms with E-state index in [1.54, 1.807) is 0 Å². The number of rotatable bonds is 2. The zero-order valence-corrected chi connectivity index (χ0v) is 10.0. The van der Waals surface area contributed by atoms with Crippen LogP contribution in [-0.2, 0) is 4.74 Å². The lowest BCUT2D eigenvalue weighted by Gasteiger charge is -2.23. The van der Waals surface area contributed by atoms with E-state index >= 15 is 0 Å². The number of carbonyl (C=O) groups is 1. The molecule has 6 heteroatoms. The zero-order chi connectivity index (χ0) is 12.3. The summed E-state index contributed by atoms with van der Waals surface area (Å²) in [7, 11) is 0. The molecule has 0 bridgehead atoms. The number of hydrogen-bond acceptors (Lipinski definition) is 4. The SMILES string of the molecule is Nc1cnc(Cl)c(C(=O)NC2CCCOC2)c1. The third-order valence-corrected chi connectivity index (χ3v) is 2.90. The number of halogens is 1. The number of nitrogens with two attached hydrogens (primary N) is 1. The summed E-state index contributed by atoms with van der Waals surface area (Å²) in [5.74, 6) is -0.259. The Morgan fingerprint density at radius 2 is 2.47 bits per heavy atom. The van der Waals surface area contributed by atoms with Crippen molar-refractivity contribution in [3.05, 3.63) is 23.0 Å². The van der Waals surface area contributed by atoms with Gasteiger partial charge in [-0.05, 0) is 18.9 Å². The molecule has 1 unspecified atom stereocenters. The first kappa shape index (κ1) is 12.1. The summed E-state index contributed by atoms with van der Waals surface area (Å²) in [5, 5.41) is 3.02. The van der Waals surface area contributed by atoms with Gasteiger partial charge in [0.05, 0.1) is 30.1 Å². The minimum Gasteiger partial charge on any atom is -0.397 e. The zero-order valence-electron chi connectivity index (χ0n) is 9.28. The fourth-order valence-corrected chi connectivity index (χ4v) is 1.93.